The number of aliphatic carboxylic acids is 1. The lowest BCUT2D eigenvalue weighted by molar-refractivity contribution is -0.137. The molecular formula is C20H26F3NO5. The lowest BCUT2D eigenvalue weighted by Crippen LogP contribution is -2.14. The standard InChI is InChI=1S/C11H12F3NO2.C6H6.C2H4O2.CH4O/c1-17-6-5-10(16)15-9-4-2-3-8(7-9)11(12,13)14;1-2-4-6-5-3-1;1-2(3)4;1-2/h2-4,7H,5-6H2,1H3,(H,15,16);1-6H;1H3,(H,3,4);2H,1H3. The number of carboxylic acids is 1. The van der Waals surface area contributed by atoms with Gasteiger partial charge >= 0.3 is 6.18 Å². The highest BCUT2D eigenvalue weighted by Gasteiger charge is 2.30. The molecular weight excluding hydrogens is 391 g/mol. The quantitative estimate of drug-likeness (QED) is 0.697. The zero-order chi connectivity index (χ0) is 22.7. The van der Waals surface area contributed by atoms with Crippen LogP contribution in [0.5, 0.6) is 0 Å². The molecule has 2 rings (SSSR count). The van der Waals surface area contributed by atoms with Crippen molar-refractivity contribution < 1.29 is 37.7 Å². The van der Waals surface area contributed by atoms with E-state index in [1.807, 2.05) is 36.4 Å². The van der Waals surface area contributed by atoms with E-state index < -0.39 is 17.7 Å². The zero-order valence-corrected chi connectivity index (χ0v) is 16.4. The molecule has 0 saturated carbocycles. The zero-order valence-electron chi connectivity index (χ0n) is 16.4. The number of alkyl halides is 3. The summed E-state index contributed by atoms with van der Waals surface area (Å²) in [7, 11) is 2.44. The van der Waals surface area contributed by atoms with Gasteiger partial charge in [-0.1, -0.05) is 42.5 Å². The van der Waals surface area contributed by atoms with E-state index in [9.17, 15) is 18.0 Å². The first-order valence-electron chi connectivity index (χ1n) is 8.27. The topological polar surface area (TPSA) is 95.9 Å². The average molecular weight is 417 g/mol. The molecule has 0 aromatic heterocycles. The summed E-state index contributed by atoms with van der Waals surface area (Å²) in [5, 5.41) is 16.8. The van der Waals surface area contributed by atoms with Crippen molar-refractivity contribution in [3.8, 4) is 0 Å². The maximum Gasteiger partial charge on any atom is 0.416 e. The molecule has 3 N–H and O–H groups in total. The molecule has 0 spiro atoms. The fraction of sp³-hybridized carbons (Fsp3) is 0.300. The van der Waals surface area contributed by atoms with Crippen LogP contribution in [0.1, 0.15) is 18.9 Å². The van der Waals surface area contributed by atoms with E-state index in [1.54, 1.807) is 0 Å². The summed E-state index contributed by atoms with van der Waals surface area (Å²) >= 11 is 0. The third-order valence-corrected chi connectivity index (χ3v) is 2.67. The van der Waals surface area contributed by atoms with Crippen molar-refractivity contribution in [2.45, 2.75) is 19.5 Å². The van der Waals surface area contributed by atoms with E-state index in [-0.39, 0.29) is 24.6 Å². The fourth-order valence-corrected chi connectivity index (χ4v) is 1.58. The molecule has 6 nitrogen and oxygen atoms in total. The first-order valence-corrected chi connectivity index (χ1v) is 8.27. The third kappa shape index (κ3) is 18.2. The van der Waals surface area contributed by atoms with Crippen molar-refractivity contribution in [1.82, 2.24) is 0 Å². The first kappa shape index (κ1) is 28.3. The molecule has 2 aromatic rings. The number of aliphatic hydroxyl groups excluding tert-OH is 1. The molecule has 0 atom stereocenters. The Morgan fingerprint density at radius 2 is 1.45 bits per heavy atom. The van der Waals surface area contributed by atoms with Crippen LogP contribution in [0, 0.1) is 0 Å². The summed E-state index contributed by atoms with van der Waals surface area (Å²) in [5.74, 6) is -1.22. The van der Waals surface area contributed by atoms with Gasteiger partial charge in [0.15, 0.2) is 0 Å². The normalized spacial score (nSPS) is 9.34. The highest BCUT2D eigenvalue weighted by molar-refractivity contribution is 5.90. The molecule has 0 aliphatic rings. The van der Waals surface area contributed by atoms with Gasteiger partial charge in [-0.05, 0) is 18.2 Å². The number of benzene rings is 2. The number of nitrogens with one attached hydrogen (secondary N) is 1. The van der Waals surface area contributed by atoms with Crippen LogP contribution in [-0.2, 0) is 20.5 Å². The van der Waals surface area contributed by atoms with Crippen LogP contribution < -0.4 is 5.32 Å². The predicted molar refractivity (Wildman–Crippen MR) is 104 cm³/mol. The number of carbonyl (C=O) groups excluding carboxylic acids is 1. The summed E-state index contributed by atoms with van der Waals surface area (Å²) < 4.78 is 41.8. The van der Waals surface area contributed by atoms with Gasteiger partial charge in [-0.15, -0.1) is 0 Å². The summed E-state index contributed by atoms with van der Waals surface area (Å²) in [6.45, 7) is 1.31. The Labute approximate surface area is 167 Å². The molecule has 0 aliphatic heterocycles. The van der Waals surface area contributed by atoms with Crippen molar-refractivity contribution in [2.24, 2.45) is 0 Å². The summed E-state index contributed by atoms with van der Waals surface area (Å²) in [4.78, 5) is 20.3. The lowest BCUT2D eigenvalue weighted by atomic mass is 10.2. The number of methoxy groups -OCH3 is 1. The van der Waals surface area contributed by atoms with E-state index in [0.29, 0.717) is 0 Å². The Morgan fingerprint density at radius 1 is 1.00 bits per heavy atom. The van der Waals surface area contributed by atoms with E-state index >= 15 is 0 Å². The van der Waals surface area contributed by atoms with E-state index in [4.69, 9.17) is 15.0 Å². The van der Waals surface area contributed by atoms with Gasteiger partial charge in [-0.2, -0.15) is 13.2 Å². The Morgan fingerprint density at radius 3 is 1.83 bits per heavy atom. The molecule has 0 aliphatic carbocycles. The average Bonchev–Trinajstić information content (AvgIpc) is 2.69. The largest absolute Gasteiger partial charge is 0.481 e. The van der Waals surface area contributed by atoms with Gasteiger partial charge in [0.25, 0.3) is 5.97 Å². The van der Waals surface area contributed by atoms with Gasteiger partial charge in [-0.3, -0.25) is 9.59 Å². The molecule has 0 radical (unpaired) electrons. The molecule has 0 unspecified atom stereocenters. The summed E-state index contributed by atoms with van der Waals surface area (Å²) in [6.07, 6.45) is -4.31. The highest BCUT2D eigenvalue weighted by Crippen LogP contribution is 2.30. The van der Waals surface area contributed by atoms with E-state index in [0.717, 1.165) is 26.2 Å². The Balaban J connectivity index is 0. The number of hydrogen-bond acceptors (Lipinski definition) is 4. The molecule has 0 bridgehead atoms. The highest BCUT2D eigenvalue weighted by atomic mass is 19.4. The number of carboxylic acid groups (broad SMARTS) is 1. The van der Waals surface area contributed by atoms with Crippen molar-refractivity contribution in [1.29, 1.82) is 0 Å². The minimum absolute atomic E-state index is 0.104. The third-order valence-electron chi connectivity index (χ3n) is 2.67. The Hall–Kier alpha value is -2.91. The molecule has 2 aromatic carbocycles. The molecule has 1 amide bonds. The smallest absolute Gasteiger partial charge is 0.416 e. The van der Waals surface area contributed by atoms with Gasteiger partial charge in [-0.25, -0.2) is 0 Å². The minimum atomic E-state index is -4.41. The van der Waals surface area contributed by atoms with Crippen molar-refractivity contribution in [3.63, 3.8) is 0 Å². The van der Waals surface area contributed by atoms with Crippen molar-refractivity contribution in [3.05, 3.63) is 66.2 Å². The Kier molecular flexibility index (Phi) is 16.8. The van der Waals surface area contributed by atoms with Gasteiger partial charge in [0.05, 0.1) is 18.6 Å². The number of amides is 1. The maximum atomic E-state index is 12.4. The maximum absolute atomic E-state index is 12.4. The predicted octanol–water partition coefficient (Wildman–Crippen LogP) is 4.07. The Bertz CT molecular complexity index is 649. The number of anilines is 1. The van der Waals surface area contributed by atoms with Gasteiger partial charge in [0.1, 0.15) is 0 Å². The van der Waals surface area contributed by atoms with Crippen LogP contribution in [0.25, 0.3) is 0 Å². The number of hydrogen-bond donors (Lipinski definition) is 3. The SMILES string of the molecule is CC(=O)O.CO.COCCC(=O)Nc1cccc(C(F)(F)F)c1.c1ccccc1. The molecule has 0 fully saturated rings. The van der Waals surface area contributed by atoms with Crippen molar-refractivity contribution in [2.75, 3.05) is 26.1 Å². The minimum Gasteiger partial charge on any atom is -0.481 e. The van der Waals surface area contributed by atoms with Crippen LogP contribution >= 0.6 is 0 Å². The summed E-state index contributed by atoms with van der Waals surface area (Å²) in [5.41, 5.74) is -0.664. The van der Waals surface area contributed by atoms with Crippen LogP contribution in [0.2, 0.25) is 0 Å². The molecule has 29 heavy (non-hydrogen) atoms. The van der Waals surface area contributed by atoms with Crippen LogP contribution in [0.4, 0.5) is 18.9 Å². The van der Waals surface area contributed by atoms with Crippen LogP contribution in [0.3, 0.4) is 0 Å². The second kappa shape index (κ2) is 17.2. The van der Waals surface area contributed by atoms with E-state index in [1.165, 1.54) is 19.2 Å². The van der Waals surface area contributed by atoms with Gasteiger partial charge in [0, 0.05) is 26.8 Å². The lowest BCUT2D eigenvalue weighted by Gasteiger charge is -2.09. The molecule has 0 heterocycles. The number of ether oxygens (including phenoxy) is 1. The fourth-order valence-electron chi connectivity index (χ4n) is 1.58. The molecule has 0 saturated heterocycles. The summed E-state index contributed by atoms with van der Waals surface area (Å²) in [6, 6.07) is 16.5. The number of halogens is 3. The van der Waals surface area contributed by atoms with Crippen LogP contribution in [-0.4, -0.2) is 42.9 Å². The van der Waals surface area contributed by atoms with Crippen molar-refractivity contribution >= 4 is 17.6 Å². The second-order valence-corrected chi connectivity index (χ2v) is 5.04. The monoisotopic (exact) mass is 417 g/mol. The first-order chi connectivity index (χ1) is 13.7. The number of aliphatic hydroxyl groups is 1. The second-order valence-electron chi connectivity index (χ2n) is 5.04. The van der Waals surface area contributed by atoms with Gasteiger partial charge in [0.2, 0.25) is 5.91 Å². The van der Waals surface area contributed by atoms with Gasteiger partial charge < -0.3 is 20.3 Å². The number of carbonyl (C=O) groups is 2. The number of rotatable bonds is 4. The van der Waals surface area contributed by atoms with E-state index in [2.05, 4.69) is 10.1 Å². The molecule has 9 heteroatoms. The molecule has 162 valence electrons. The van der Waals surface area contributed by atoms with Crippen LogP contribution in [0.15, 0.2) is 60.7 Å².